The molecule has 2 saturated heterocycles. The van der Waals surface area contributed by atoms with Gasteiger partial charge in [-0.15, -0.1) is 0 Å². The molecule has 2 aromatic rings. The van der Waals surface area contributed by atoms with Crippen LogP contribution in [0.3, 0.4) is 0 Å². The van der Waals surface area contributed by atoms with E-state index in [0.29, 0.717) is 12.4 Å². The van der Waals surface area contributed by atoms with Gasteiger partial charge < -0.3 is 28.3 Å². The largest absolute Gasteiger partial charge is 0.407 e. The van der Waals surface area contributed by atoms with Crippen molar-refractivity contribution in [3.05, 3.63) is 16.1 Å². The van der Waals surface area contributed by atoms with Gasteiger partial charge >= 0.3 is 8.56 Å². The number of hydrogen-bond acceptors (Lipinski definition) is 7. The molecule has 4 heterocycles. The van der Waals surface area contributed by atoms with E-state index in [1.807, 2.05) is 6.20 Å². The summed E-state index contributed by atoms with van der Waals surface area (Å²) in [5.41, 5.74) is 6.98. The van der Waals surface area contributed by atoms with Crippen LogP contribution in [0.5, 0.6) is 0 Å². The fourth-order valence-electron chi connectivity index (χ4n) is 5.44. The van der Waals surface area contributed by atoms with Crippen molar-refractivity contribution >= 4 is 56.3 Å². The molecule has 4 atom stereocenters. The van der Waals surface area contributed by atoms with Crippen molar-refractivity contribution in [2.75, 3.05) is 12.3 Å². The molecular weight excluding hydrogens is 603 g/mol. The maximum atomic E-state index is 7.21. The van der Waals surface area contributed by atoms with Gasteiger partial charge in [-0.1, -0.05) is 62.3 Å². The normalized spacial score (nSPS) is 27.4. The smallest absolute Gasteiger partial charge is 0.349 e. The summed E-state index contributed by atoms with van der Waals surface area (Å²) in [6, 6.07) is 0. The third-order valence-corrected chi connectivity index (χ3v) is 18.5. The van der Waals surface area contributed by atoms with E-state index in [1.165, 1.54) is 6.33 Å². The number of rotatable bonds is 3. The number of nitrogens with zero attached hydrogens (tertiary/aromatic N) is 3. The third kappa shape index (κ3) is 4.49. The predicted octanol–water partition coefficient (Wildman–Crippen LogP) is 6.36. The zero-order chi connectivity index (χ0) is 27.1. The molecule has 8 nitrogen and oxygen atoms in total. The number of fused-ring (bicyclic) bond motifs is 2. The molecule has 2 aromatic heterocycles. The zero-order valence-corrected chi connectivity index (χ0v) is 27.8. The van der Waals surface area contributed by atoms with E-state index in [0.717, 1.165) is 14.6 Å². The van der Waals surface area contributed by atoms with Crippen LogP contribution in [0.25, 0.3) is 11.0 Å². The minimum absolute atomic E-state index is 0.0309. The summed E-state index contributed by atoms with van der Waals surface area (Å²) >= 11 is 2.29. The van der Waals surface area contributed by atoms with Crippen molar-refractivity contribution in [1.29, 1.82) is 0 Å². The van der Waals surface area contributed by atoms with Crippen LogP contribution in [0.2, 0.25) is 28.2 Å². The highest BCUT2D eigenvalue weighted by atomic mass is 127. The van der Waals surface area contributed by atoms with E-state index >= 15 is 0 Å². The molecule has 2 aliphatic heterocycles. The van der Waals surface area contributed by atoms with E-state index in [-0.39, 0.29) is 33.4 Å². The number of nitrogen functional groups attached to an aromatic ring is 1. The van der Waals surface area contributed by atoms with Gasteiger partial charge in [-0.2, -0.15) is 0 Å². The SMILES string of the molecule is CC(C)(C)[Si](C)(C)O[C@@H]1[C@@H]2O[Si](C(C)(C)C)(C(C)(C)C)OC[C@H]2O[C@H]1n1cc(I)c2c(N)ncnc21. The lowest BCUT2D eigenvalue weighted by Gasteiger charge is -2.54. The molecule has 202 valence electrons. The second kappa shape index (κ2) is 8.98. The Bertz CT molecular complexity index is 1120. The second-order valence-corrected chi connectivity index (χ2v) is 24.4. The summed E-state index contributed by atoms with van der Waals surface area (Å²) in [7, 11) is -4.91. The average Bonchev–Trinajstić information content (AvgIpc) is 3.23. The first-order valence-electron chi connectivity index (χ1n) is 12.7. The number of anilines is 1. The van der Waals surface area contributed by atoms with Gasteiger partial charge in [-0.25, -0.2) is 9.97 Å². The van der Waals surface area contributed by atoms with E-state index < -0.39 is 23.1 Å². The Morgan fingerprint density at radius 1 is 1.08 bits per heavy atom. The zero-order valence-electron chi connectivity index (χ0n) is 23.6. The van der Waals surface area contributed by atoms with E-state index in [4.69, 9.17) is 23.7 Å². The van der Waals surface area contributed by atoms with Crippen LogP contribution in [-0.4, -0.2) is 56.3 Å². The lowest BCUT2D eigenvalue weighted by atomic mass is 10.1. The highest BCUT2D eigenvalue weighted by Gasteiger charge is 2.65. The monoisotopic (exact) mass is 646 g/mol. The Morgan fingerprint density at radius 3 is 2.25 bits per heavy atom. The number of nitrogens with two attached hydrogens (primary N) is 1. The van der Waals surface area contributed by atoms with Gasteiger partial charge in [0.25, 0.3) is 0 Å². The quantitative estimate of drug-likeness (QED) is 0.306. The molecule has 0 spiro atoms. The van der Waals surface area contributed by atoms with Crippen molar-refractivity contribution < 1.29 is 18.0 Å². The molecule has 0 aliphatic carbocycles. The van der Waals surface area contributed by atoms with Crippen molar-refractivity contribution in [2.24, 2.45) is 0 Å². The summed E-state index contributed by atoms with van der Waals surface area (Å²) in [5, 5.41) is 0.608. The molecule has 2 N–H and O–H groups in total. The molecule has 2 aliphatic rings. The van der Waals surface area contributed by atoms with E-state index in [2.05, 4.69) is 113 Å². The molecule has 0 aromatic carbocycles. The van der Waals surface area contributed by atoms with Crippen LogP contribution < -0.4 is 5.73 Å². The topological polar surface area (TPSA) is 93.7 Å². The van der Waals surface area contributed by atoms with Gasteiger partial charge in [0, 0.05) is 19.8 Å². The molecule has 11 heteroatoms. The fraction of sp³-hybridized carbons (Fsp3) is 0.760. The van der Waals surface area contributed by atoms with Crippen molar-refractivity contribution in [2.45, 2.75) is 115 Å². The molecular formula is C25H43IN4O4Si2. The van der Waals surface area contributed by atoms with Gasteiger partial charge in [0.15, 0.2) is 14.5 Å². The van der Waals surface area contributed by atoms with Crippen molar-refractivity contribution in [3.63, 3.8) is 0 Å². The fourth-order valence-corrected chi connectivity index (χ4v) is 12.5. The summed E-state index contributed by atoms with van der Waals surface area (Å²) in [5.74, 6) is 0.465. The van der Waals surface area contributed by atoms with Gasteiger partial charge in [-0.05, 0) is 40.7 Å². The molecule has 0 unspecified atom stereocenters. The van der Waals surface area contributed by atoms with Crippen molar-refractivity contribution in [1.82, 2.24) is 14.5 Å². The maximum Gasteiger partial charge on any atom is 0.349 e. The molecule has 0 bridgehead atoms. The Kier molecular flexibility index (Phi) is 7.10. The third-order valence-electron chi connectivity index (χ3n) is 8.12. The maximum absolute atomic E-state index is 7.21. The minimum atomic E-state index is -2.72. The van der Waals surface area contributed by atoms with E-state index in [9.17, 15) is 0 Å². The number of hydrogen-bond donors (Lipinski definition) is 1. The summed E-state index contributed by atoms with van der Waals surface area (Å²) < 4.78 is 30.9. The van der Waals surface area contributed by atoms with Crippen LogP contribution in [0.1, 0.15) is 68.5 Å². The Hall–Kier alpha value is -0.576. The summed E-state index contributed by atoms with van der Waals surface area (Å²) in [6.07, 6.45) is 2.36. The first-order chi connectivity index (χ1) is 16.3. The predicted molar refractivity (Wildman–Crippen MR) is 157 cm³/mol. The number of aromatic nitrogens is 3. The molecule has 0 saturated carbocycles. The van der Waals surface area contributed by atoms with Crippen LogP contribution in [-0.2, 0) is 18.0 Å². The highest BCUT2D eigenvalue weighted by Crippen LogP contribution is 2.56. The number of halogens is 1. The van der Waals surface area contributed by atoms with E-state index in [1.54, 1.807) is 0 Å². The Balaban J connectivity index is 1.84. The average molecular weight is 647 g/mol. The second-order valence-electron chi connectivity index (χ2n) is 13.8. The van der Waals surface area contributed by atoms with Gasteiger partial charge in [0.1, 0.15) is 36.1 Å². The molecule has 4 rings (SSSR count). The van der Waals surface area contributed by atoms with Gasteiger partial charge in [-0.3, -0.25) is 0 Å². The van der Waals surface area contributed by atoms with Crippen molar-refractivity contribution in [3.8, 4) is 0 Å². The summed E-state index contributed by atoms with van der Waals surface area (Å²) in [4.78, 5) is 8.80. The van der Waals surface area contributed by atoms with Gasteiger partial charge in [0.2, 0.25) is 0 Å². The Morgan fingerprint density at radius 2 is 1.69 bits per heavy atom. The first-order valence-corrected chi connectivity index (χ1v) is 18.5. The lowest BCUT2D eigenvalue weighted by molar-refractivity contribution is -0.0794. The molecule has 2 fully saturated rings. The van der Waals surface area contributed by atoms with Gasteiger partial charge in [0.05, 0.1) is 12.0 Å². The molecule has 0 amide bonds. The Labute approximate surface area is 231 Å². The van der Waals surface area contributed by atoms with Crippen LogP contribution in [0, 0.1) is 3.57 Å². The first kappa shape index (κ1) is 28.4. The van der Waals surface area contributed by atoms with Crippen LogP contribution in [0.4, 0.5) is 5.82 Å². The minimum Gasteiger partial charge on any atom is -0.407 e. The van der Waals surface area contributed by atoms with Crippen LogP contribution >= 0.6 is 22.6 Å². The number of ether oxygens (including phenoxy) is 1. The van der Waals surface area contributed by atoms with Crippen LogP contribution in [0.15, 0.2) is 12.5 Å². The summed E-state index contributed by atoms with van der Waals surface area (Å²) in [6.45, 7) is 25.3. The standard InChI is InChI=1S/C25H43IN4O4Si2/c1-23(2,3)35(10,11)33-19-18-16(13-31-36(34-18,24(4,5)6)25(7,8)9)32-22(19)30-12-15(26)17-20(27)28-14-29-21(17)30/h12,14,16,18-19,22H,13H2,1-11H3,(H2,27,28,29)/t16-,18-,19-,22-/m1/s1. The molecule has 0 radical (unpaired) electrons. The lowest BCUT2D eigenvalue weighted by Crippen LogP contribution is -2.66. The highest BCUT2D eigenvalue weighted by molar-refractivity contribution is 14.1. The molecule has 36 heavy (non-hydrogen) atoms.